The van der Waals surface area contributed by atoms with Crippen LogP contribution in [-0.4, -0.2) is 36.6 Å². The number of nitrogens with zero attached hydrogens (tertiary/aromatic N) is 1. The fourth-order valence-corrected chi connectivity index (χ4v) is 2.26. The lowest BCUT2D eigenvalue weighted by molar-refractivity contribution is -0.112. The van der Waals surface area contributed by atoms with Crippen LogP contribution in [0, 0.1) is 5.92 Å². The predicted molar refractivity (Wildman–Crippen MR) is 66.0 cm³/mol. The quantitative estimate of drug-likeness (QED) is 0.585. The van der Waals surface area contributed by atoms with E-state index in [-0.39, 0.29) is 11.7 Å². The molecular weight excluding hydrogens is 214 g/mol. The van der Waals surface area contributed by atoms with Crippen LogP contribution >= 0.6 is 0 Å². The van der Waals surface area contributed by atoms with Crippen LogP contribution in [0.3, 0.4) is 0 Å². The van der Waals surface area contributed by atoms with E-state index in [9.17, 15) is 9.59 Å². The molecule has 1 aromatic carbocycles. The highest BCUT2D eigenvalue weighted by Gasteiger charge is 2.21. The van der Waals surface area contributed by atoms with Crippen molar-refractivity contribution >= 4 is 12.1 Å². The summed E-state index contributed by atoms with van der Waals surface area (Å²) in [5, 5.41) is 0. The first-order valence-electron chi connectivity index (χ1n) is 6.05. The fourth-order valence-electron chi connectivity index (χ4n) is 2.26. The van der Waals surface area contributed by atoms with Crippen molar-refractivity contribution in [3.05, 3.63) is 35.9 Å². The van der Waals surface area contributed by atoms with Crippen LogP contribution in [0.15, 0.2) is 30.3 Å². The highest BCUT2D eigenvalue weighted by atomic mass is 16.1. The zero-order valence-electron chi connectivity index (χ0n) is 9.84. The Balaban J connectivity index is 1.92. The van der Waals surface area contributed by atoms with E-state index < -0.39 is 0 Å². The van der Waals surface area contributed by atoms with Gasteiger partial charge in [0.1, 0.15) is 6.29 Å². The number of ketones is 1. The lowest BCUT2D eigenvalue weighted by Crippen LogP contribution is -2.39. The highest BCUT2D eigenvalue weighted by Crippen LogP contribution is 2.14. The molecule has 2 rings (SSSR count). The summed E-state index contributed by atoms with van der Waals surface area (Å²) in [5.41, 5.74) is 0.751. The van der Waals surface area contributed by atoms with Crippen molar-refractivity contribution in [3.8, 4) is 0 Å². The van der Waals surface area contributed by atoms with Gasteiger partial charge >= 0.3 is 0 Å². The van der Waals surface area contributed by atoms with Crippen molar-refractivity contribution in [2.24, 2.45) is 5.92 Å². The van der Waals surface area contributed by atoms with Crippen molar-refractivity contribution in [2.45, 2.75) is 12.8 Å². The Bertz CT molecular complexity index is 388. The maximum Gasteiger partial charge on any atom is 0.176 e. The summed E-state index contributed by atoms with van der Waals surface area (Å²) in [6.45, 7) is 2.07. The molecule has 3 nitrogen and oxygen atoms in total. The molecule has 1 aliphatic heterocycles. The SMILES string of the molecule is O=CC1CCCN(CC(=O)c2ccccc2)C1. The third kappa shape index (κ3) is 3.24. The molecule has 0 N–H and O–H groups in total. The van der Waals surface area contributed by atoms with Crippen LogP contribution < -0.4 is 0 Å². The van der Waals surface area contributed by atoms with E-state index in [1.54, 1.807) is 0 Å². The molecule has 17 heavy (non-hydrogen) atoms. The molecule has 0 bridgehead atoms. The van der Waals surface area contributed by atoms with Crippen molar-refractivity contribution < 1.29 is 9.59 Å². The minimum absolute atomic E-state index is 0.104. The van der Waals surface area contributed by atoms with Gasteiger partial charge in [0.2, 0.25) is 0 Å². The van der Waals surface area contributed by atoms with Gasteiger partial charge in [0.15, 0.2) is 5.78 Å². The summed E-state index contributed by atoms with van der Waals surface area (Å²) in [6, 6.07) is 9.32. The summed E-state index contributed by atoms with van der Waals surface area (Å²) < 4.78 is 0. The first-order valence-corrected chi connectivity index (χ1v) is 6.05. The van der Waals surface area contributed by atoms with E-state index in [4.69, 9.17) is 0 Å². The molecule has 3 heteroatoms. The van der Waals surface area contributed by atoms with Gasteiger partial charge in [-0.1, -0.05) is 30.3 Å². The highest BCUT2D eigenvalue weighted by molar-refractivity contribution is 5.97. The molecular formula is C14H17NO2. The third-order valence-electron chi connectivity index (χ3n) is 3.20. The second-order valence-corrected chi connectivity index (χ2v) is 4.56. The molecule has 0 saturated carbocycles. The first-order chi connectivity index (χ1) is 8.29. The summed E-state index contributed by atoms with van der Waals surface area (Å²) in [7, 11) is 0. The number of likely N-dealkylation sites (tertiary alicyclic amines) is 1. The van der Waals surface area contributed by atoms with Crippen molar-refractivity contribution in [1.82, 2.24) is 4.90 Å². The Morgan fingerprint density at radius 2 is 2.12 bits per heavy atom. The van der Waals surface area contributed by atoms with Gasteiger partial charge in [-0.25, -0.2) is 0 Å². The van der Waals surface area contributed by atoms with Crippen LogP contribution in [0.4, 0.5) is 0 Å². The number of carbonyl (C=O) groups excluding carboxylic acids is 2. The van der Waals surface area contributed by atoms with Crippen molar-refractivity contribution in [3.63, 3.8) is 0 Å². The maximum atomic E-state index is 12.0. The van der Waals surface area contributed by atoms with Gasteiger partial charge in [-0.05, 0) is 19.4 Å². The number of benzene rings is 1. The van der Waals surface area contributed by atoms with Crippen LogP contribution in [-0.2, 0) is 4.79 Å². The third-order valence-corrected chi connectivity index (χ3v) is 3.20. The zero-order chi connectivity index (χ0) is 12.1. The van der Waals surface area contributed by atoms with Crippen molar-refractivity contribution in [1.29, 1.82) is 0 Å². The van der Waals surface area contributed by atoms with E-state index in [1.165, 1.54) is 0 Å². The number of rotatable bonds is 4. The lowest BCUT2D eigenvalue weighted by atomic mass is 9.99. The van der Waals surface area contributed by atoms with Gasteiger partial charge in [0.25, 0.3) is 0 Å². The molecule has 1 unspecified atom stereocenters. The van der Waals surface area contributed by atoms with E-state index >= 15 is 0 Å². The predicted octanol–water partition coefficient (Wildman–Crippen LogP) is 1.78. The topological polar surface area (TPSA) is 37.4 Å². The van der Waals surface area contributed by atoms with Gasteiger partial charge in [0.05, 0.1) is 6.54 Å². The second kappa shape index (κ2) is 5.73. The smallest absolute Gasteiger partial charge is 0.176 e. The molecule has 90 valence electrons. The number of hydrogen-bond acceptors (Lipinski definition) is 3. The summed E-state index contributed by atoms with van der Waals surface area (Å²) in [5.74, 6) is 0.240. The molecule has 1 atom stereocenters. The van der Waals surface area contributed by atoms with Crippen LogP contribution in [0.25, 0.3) is 0 Å². The fraction of sp³-hybridized carbons (Fsp3) is 0.429. The molecule has 0 aromatic heterocycles. The monoisotopic (exact) mass is 231 g/mol. The van der Waals surface area contributed by atoms with E-state index in [1.807, 2.05) is 30.3 Å². The average Bonchev–Trinajstić information content (AvgIpc) is 2.40. The number of Topliss-reactive ketones (excluding diaryl/α,β-unsaturated/α-hetero) is 1. The number of carbonyl (C=O) groups is 2. The minimum Gasteiger partial charge on any atom is -0.303 e. The Morgan fingerprint density at radius 3 is 2.82 bits per heavy atom. The summed E-state index contributed by atoms with van der Waals surface area (Å²) in [4.78, 5) is 24.8. The number of aldehydes is 1. The molecule has 1 fully saturated rings. The van der Waals surface area contributed by atoms with Crippen LogP contribution in [0.5, 0.6) is 0 Å². The summed E-state index contributed by atoms with van der Waals surface area (Å²) in [6.07, 6.45) is 2.98. The van der Waals surface area contributed by atoms with E-state index in [0.717, 1.165) is 37.8 Å². The zero-order valence-corrected chi connectivity index (χ0v) is 9.84. The Labute approximate surface area is 101 Å². The Morgan fingerprint density at radius 1 is 1.35 bits per heavy atom. The van der Waals surface area contributed by atoms with Crippen molar-refractivity contribution in [2.75, 3.05) is 19.6 Å². The molecule has 1 aliphatic rings. The first kappa shape index (κ1) is 12.0. The van der Waals surface area contributed by atoms with Crippen LogP contribution in [0.2, 0.25) is 0 Å². The summed E-state index contributed by atoms with van der Waals surface area (Å²) >= 11 is 0. The van der Waals surface area contributed by atoms with Crippen LogP contribution in [0.1, 0.15) is 23.2 Å². The van der Waals surface area contributed by atoms with Gasteiger partial charge in [0, 0.05) is 18.0 Å². The van der Waals surface area contributed by atoms with E-state index in [2.05, 4.69) is 4.90 Å². The number of piperidine rings is 1. The number of hydrogen-bond donors (Lipinski definition) is 0. The molecule has 0 amide bonds. The van der Waals surface area contributed by atoms with Gasteiger partial charge in [-0.3, -0.25) is 9.69 Å². The maximum absolute atomic E-state index is 12.0. The minimum atomic E-state index is 0.104. The molecule has 0 radical (unpaired) electrons. The molecule has 1 aromatic rings. The normalized spacial score (nSPS) is 21.1. The lowest BCUT2D eigenvalue weighted by Gasteiger charge is -2.29. The molecule has 0 spiro atoms. The molecule has 1 heterocycles. The van der Waals surface area contributed by atoms with E-state index in [0.29, 0.717) is 6.54 Å². The molecule has 0 aliphatic carbocycles. The Kier molecular flexibility index (Phi) is 4.04. The second-order valence-electron chi connectivity index (χ2n) is 4.56. The standard InChI is InChI=1S/C14H17NO2/c16-11-12-5-4-8-15(9-12)10-14(17)13-6-2-1-3-7-13/h1-3,6-7,11-12H,4-5,8-10H2. The van der Waals surface area contributed by atoms with Gasteiger partial charge in [-0.15, -0.1) is 0 Å². The average molecular weight is 231 g/mol. The van der Waals surface area contributed by atoms with Gasteiger partial charge in [-0.2, -0.15) is 0 Å². The Hall–Kier alpha value is -1.48. The van der Waals surface area contributed by atoms with Gasteiger partial charge < -0.3 is 4.79 Å². The molecule has 1 saturated heterocycles. The largest absolute Gasteiger partial charge is 0.303 e.